The minimum absolute atomic E-state index is 0.158. The van der Waals surface area contributed by atoms with E-state index in [2.05, 4.69) is 15.3 Å². The van der Waals surface area contributed by atoms with Crippen molar-refractivity contribution in [1.82, 2.24) is 9.97 Å². The second kappa shape index (κ2) is 5.00. The van der Waals surface area contributed by atoms with Crippen molar-refractivity contribution in [3.8, 4) is 0 Å². The number of rotatable bonds is 4. The molecule has 0 amide bonds. The summed E-state index contributed by atoms with van der Waals surface area (Å²) in [5.41, 5.74) is 0. The number of nitrogens with one attached hydrogen (secondary N) is 1. The van der Waals surface area contributed by atoms with Crippen LogP contribution in [0.4, 0.5) is 5.82 Å². The van der Waals surface area contributed by atoms with Gasteiger partial charge in [0.25, 0.3) is 0 Å². The summed E-state index contributed by atoms with van der Waals surface area (Å²) in [5.74, 6) is 1.49. The van der Waals surface area contributed by atoms with E-state index in [9.17, 15) is 8.42 Å². The highest BCUT2D eigenvalue weighted by Crippen LogP contribution is 2.23. The summed E-state index contributed by atoms with van der Waals surface area (Å²) < 4.78 is 28.7. The van der Waals surface area contributed by atoms with Crippen molar-refractivity contribution in [3.05, 3.63) is 36.2 Å². The van der Waals surface area contributed by atoms with Crippen LogP contribution in [0, 0.1) is 6.92 Å². The number of hydrogen-bond donors (Lipinski definition) is 1. The molecule has 1 atom stereocenters. The van der Waals surface area contributed by atoms with Gasteiger partial charge < -0.3 is 9.73 Å². The molecule has 0 spiro atoms. The zero-order chi connectivity index (χ0) is 14.0. The van der Waals surface area contributed by atoms with Crippen molar-refractivity contribution in [2.45, 2.75) is 24.8 Å². The van der Waals surface area contributed by atoms with E-state index < -0.39 is 9.84 Å². The van der Waals surface area contributed by atoms with E-state index in [4.69, 9.17) is 4.42 Å². The minimum atomic E-state index is -3.33. The number of nitrogens with zero attached hydrogens (tertiary/aromatic N) is 2. The van der Waals surface area contributed by atoms with E-state index >= 15 is 0 Å². The van der Waals surface area contributed by atoms with E-state index in [-0.39, 0.29) is 10.9 Å². The molecule has 19 heavy (non-hydrogen) atoms. The summed E-state index contributed by atoms with van der Waals surface area (Å²) in [7, 11) is -3.33. The van der Waals surface area contributed by atoms with Crippen LogP contribution in [0.5, 0.6) is 0 Å². The van der Waals surface area contributed by atoms with Gasteiger partial charge in [0.2, 0.25) is 5.89 Å². The predicted octanol–water partition coefficient (Wildman–Crippen LogP) is 1.95. The molecule has 7 heteroatoms. The maximum atomic E-state index is 11.7. The van der Waals surface area contributed by atoms with E-state index in [1.807, 2.05) is 6.92 Å². The summed E-state index contributed by atoms with van der Waals surface area (Å²) in [6.45, 7) is 3.62. The van der Waals surface area contributed by atoms with Crippen LogP contribution in [0.3, 0.4) is 0 Å². The van der Waals surface area contributed by atoms with Crippen LogP contribution in [-0.4, -0.2) is 24.6 Å². The van der Waals surface area contributed by atoms with Gasteiger partial charge in [-0.3, -0.25) is 0 Å². The monoisotopic (exact) mass is 281 g/mol. The number of pyridine rings is 1. The molecule has 2 rings (SSSR count). The highest BCUT2D eigenvalue weighted by Gasteiger charge is 2.18. The van der Waals surface area contributed by atoms with Crippen LogP contribution in [0.25, 0.3) is 0 Å². The smallest absolute Gasteiger partial charge is 0.216 e. The van der Waals surface area contributed by atoms with E-state index in [0.29, 0.717) is 17.5 Å². The van der Waals surface area contributed by atoms with Crippen molar-refractivity contribution in [2.75, 3.05) is 11.6 Å². The van der Waals surface area contributed by atoms with Gasteiger partial charge in [0, 0.05) is 12.5 Å². The second-order valence-corrected chi connectivity index (χ2v) is 6.28. The highest BCUT2D eigenvalue weighted by molar-refractivity contribution is 7.90. The topological polar surface area (TPSA) is 85.1 Å². The van der Waals surface area contributed by atoms with Gasteiger partial charge in [-0.2, -0.15) is 0 Å². The van der Waals surface area contributed by atoms with Crippen LogP contribution in [0.1, 0.15) is 24.6 Å². The van der Waals surface area contributed by atoms with Crippen LogP contribution in [0.15, 0.2) is 33.8 Å². The molecule has 2 heterocycles. The molecule has 1 N–H and O–H groups in total. The van der Waals surface area contributed by atoms with E-state index in [1.165, 1.54) is 12.3 Å². The number of hydrogen-bond acceptors (Lipinski definition) is 6. The van der Waals surface area contributed by atoms with E-state index in [1.54, 1.807) is 19.2 Å². The van der Waals surface area contributed by atoms with Crippen molar-refractivity contribution in [2.24, 2.45) is 0 Å². The number of aromatic nitrogens is 2. The second-order valence-electron chi connectivity index (χ2n) is 4.30. The minimum Gasteiger partial charge on any atom is -0.444 e. The summed E-state index contributed by atoms with van der Waals surface area (Å²) in [6.07, 6.45) is 4.29. The molecule has 0 aliphatic heterocycles. The lowest BCUT2D eigenvalue weighted by Gasteiger charge is -2.13. The Labute approximate surface area is 111 Å². The van der Waals surface area contributed by atoms with E-state index in [0.717, 1.165) is 6.26 Å². The van der Waals surface area contributed by atoms with Gasteiger partial charge in [0.05, 0.1) is 6.20 Å². The molecule has 2 aromatic rings. The predicted molar refractivity (Wildman–Crippen MR) is 70.6 cm³/mol. The third kappa shape index (κ3) is 3.11. The fourth-order valence-corrected chi connectivity index (χ4v) is 2.43. The molecule has 0 aliphatic carbocycles. The van der Waals surface area contributed by atoms with Gasteiger partial charge in [-0.1, -0.05) is 0 Å². The fourth-order valence-electron chi connectivity index (χ4n) is 1.64. The first-order chi connectivity index (χ1) is 8.88. The Kier molecular flexibility index (Phi) is 3.57. The SMILES string of the molecule is Cc1cnc(C(C)Nc2ncccc2S(C)(=O)=O)o1. The molecular formula is C12H15N3O3S. The first kappa shape index (κ1) is 13.5. The Morgan fingerprint density at radius 2 is 2.11 bits per heavy atom. The average Bonchev–Trinajstić information content (AvgIpc) is 2.75. The molecule has 0 saturated heterocycles. The van der Waals surface area contributed by atoms with Gasteiger partial charge in [-0.15, -0.1) is 0 Å². The molecular weight excluding hydrogens is 266 g/mol. The molecule has 0 aliphatic rings. The lowest BCUT2D eigenvalue weighted by Crippen LogP contribution is -2.12. The summed E-state index contributed by atoms with van der Waals surface area (Å²) in [4.78, 5) is 8.31. The summed E-state index contributed by atoms with van der Waals surface area (Å²) in [5, 5.41) is 3.00. The van der Waals surface area contributed by atoms with Gasteiger partial charge in [-0.05, 0) is 26.0 Å². The summed E-state index contributed by atoms with van der Waals surface area (Å²) >= 11 is 0. The molecule has 1 unspecified atom stereocenters. The van der Waals surface area contributed by atoms with Crippen LogP contribution < -0.4 is 5.32 Å². The number of anilines is 1. The molecule has 102 valence electrons. The molecule has 0 saturated carbocycles. The maximum Gasteiger partial charge on any atom is 0.216 e. The van der Waals surface area contributed by atoms with Gasteiger partial charge in [0.1, 0.15) is 22.5 Å². The normalized spacial score (nSPS) is 13.2. The third-order valence-corrected chi connectivity index (χ3v) is 3.66. The maximum absolute atomic E-state index is 11.7. The lowest BCUT2D eigenvalue weighted by molar-refractivity contribution is 0.453. The largest absolute Gasteiger partial charge is 0.444 e. The Morgan fingerprint density at radius 1 is 1.37 bits per heavy atom. The molecule has 0 aromatic carbocycles. The van der Waals surface area contributed by atoms with Crippen LogP contribution >= 0.6 is 0 Å². The number of sulfone groups is 1. The molecule has 0 radical (unpaired) electrons. The molecule has 0 bridgehead atoms. The zero-order valence-corrected chi connectivity index (χ0v) is 11.7. The van der Waals surface area contributed by atoms with Crippen LogP contribution in [0.2, 0.25) is 0 Å². The Hall–Kier alpha value is -1.89. The van der Waals surface area contributed by atoms with Crippen molar-refractivity contribution >= 4 is 15.7 Å². The highest BCUT2D eigenvalue weighted by atomic mass is 32.2. The molecule has 6 nitrogen and oxygen atoms in total. The first-order valence-electron chi connectivity index (χ1n) is 5.72. The lowest BCUT2D eigenvalue weighted by atomic mass is 10.3. The molecule has 2 aromatic heterocycles. The Bertz CT molecular complexity index is 679. The quantitative estimate of drug-likeness (QED) is 0.922. The van der Waals surface area contributed by atoms with Crippen LogP contribution in [-0.2, 0) is 9.84 Å². The molecule has 0 fully saturated rings. The standard InChI is InChI=1S/C12H15N3O3S/c1-8-7-14-12(18-8)9(2)15-11-10(19(3,16)17)5-4-6-13-11/h4-7,9H,1-3H3,(H,13,15). The summed E-state index contributed by atoms with van der Waals surface area (Å²) in [6, 6.07) is 2.82. The number of oxazole rings is 1. The van der Waals surface area contributed by atoms with Gasteiger partial charge in [0.15, 0.2) is 9.84 Å². The average molecular weight is 281 g/mol. The number of aryl methyl sites for hydroxylation is 1. The van der Waals surface area contributed by atoms with Gasteiger partial charge in [-0.25, -0.2) is 18.4 Å². The van der Waals surface area contributed by atoms with Crippen molar-refractivity contribution < 1.29 is 12.8 Å². The zero-order valence-electron chi connectivity index (χ0n) is 10.9. The third-order valence-electron chi connectivity index (χ3n) is 2.53. The first-order valence-corrected chi connectivity index (χ1v) is 7.61. The fraction of sp³-hybridized carbons (Fsp3) is 0.333. The van der Waals surface area contributed by atoms with Crippen molar-refractivity contribution in [3.63, 3.8) is 0 Å². The van der Waals surface area contributed by atoms with Crippen molar-refractivity contribution in [1.29, 1.82) is 0 Å². The van der Waals surface area contributed by atoms with Gasteiger partial charge >= 0.3 is 0 Å². The Balaban J connectivity index is 2.29. The Morgan fingerprint density at radius 3 is 2.68 bits per heavy atom.